The van der Waals surface area contributed by atoms with Gasteiger partial charge in [0.15, 0.2) is 0 Å². The van der Waals surface area contributed by atoms with Crippen molar-refractivity contribution in [1.82, 2.24) is 4.98 Å². The van der Waals surface area contributed by atoms with Crippen LogP contribution in [0.5, 0.6) is 0 Å². The fraction of sp³-hybridized carbons (Fsp3) is 0.583. The van der Waals surface area contributed by atoms with Gasteiger partial charge in [-0.2, -0.15) is 0 Å². The molecule has 2 unspecified atom stereocenters. The van der Waals surface area contributed by atoms with Crippen molar-refractivity contribution in [2.45, 2.75) is 19.1 Å². The van der Waals surface area contributed by atoms with Crippen LogP contribution in [0.1, 0.15) is 6.92 Å². The summed E-state index contributed by atoms with van der Waals surface area (Å²) in [5.74, 6) is 0.315. The van der Waals surface area contributed by atoms with Gasteiger partial charge >= 0.3 is 5.69 Å². The van der Waals surface area contributed by atoms with E-state index in [1.54, 1.807) is 7.11 Å². The van der Waals surface area contributed by atoms with Crippen LogP contribution in [0.3, 0.4) is 0 Å². The van der Waals surface area contributed by atoms with Crippen LogP contribution < -0.4 is 4.90 Å². The molecule has 8 heteroatoms. The Hall–Kier alpha value is -1.44. The van der Waals surface area contributed by atoms with Crippen molar-refractivity contribution in [2.24, 2.45) is 0 Å². The molecule has 1 saturated heterocycles. The minimum atomic E-state index is -0.473. The van der Waals surface area contributed by atoms with Crippen molar-refractivity contribution in [1.29, 1.82) is 0 Å². The molecule has 7 nitrogen and oxygen atoms in total. The first-order chi connectivity index (χ1) is 9.51. The quantitative estimate of drug-likeness (QED) is 0.624. The fourth-order valence-electron chi connectivity index (χ4n) is 2.30. The molecule has 0 saturated carbocycles. The molecule has 110 valence electrons. The SMILES string of the molecule is COCC1CN(c2ncc(Cl)cc2[N+](=O)[O-])CC(C)O1. The first-order valence-corrected chi connectivity index (χ1v) is 6.58. The van der Waals surface area contributed by atoms with Crippen LogP contribution in [0.2, 0.25) is 5.02 Å². The van der Waals surface area contributed by atoms with Gasteiger partial charge in [-0.05, 0) is 6.92 Å². The molecule has 1 aromatic rings. The molecule has 1 aliphatic heterocycles. The van der Waals surface area contributed by atoms with Crippen molar-refractivity contribution < 1.29 is 14.4 Å². The maximum absolute atomic E-state index is 11.1. The van der Waals surface area contributed by atoms with Crippen molar-refractivity contribution in [3.8, 4) is 0 Å². The number of hydrogen-bond donors (Lipinski definition) is 0. The number of pyridine rings is 1. The summed E-state index contributed by atoms with van der Waals surface area (Å²) in [7, 11) is 1.59. The third-order valence-corrected chi connectivity index (χ3v) is 3.20. The van der Waals surface area contributed by atoms with Crippen LogP contribution in [-0.2, 0) is 9.47 Å². The maximum atomic E-state index is 11.1. The number of nitrogens with zero attached hydrogens (tertiary/aromatic N) is 3. The highest BCUT2D eigenvalue weighted by Crippen LogP contribution is 2.30. The predicted octanol–water partition coefficient (Wildman–Crippen LogP) is 1.88. The number of ether oxygens (including phenoxy) is 2. The van der Waals surface area contributed by atoms with E-state index in [4.69, 9.17) is 21.1 Å². The first-order valence-electron chi connectivity index (χ1n) is 6.20. The molecule has 1 fully saturated rings. The topological polar surface area (TPSA) is 77.7 Å². The van der Waals surface area contributed by atoms with Gasteiger partial charge in [-0.1, -0.05) is 11.6 Å². The highest BCUT2D eigenvalue weighted by Gasteiger charge is 2.30. The van der Waals surface area contributed by atoms with Gasteiger partial charge in [-0.3, -0.25) is 10.1 Å². The lowest BCUT2D eigenvalue weighted by molar-refractivity contribution is -0.384. The molecule has 1 aromatic heterocycles. The molecule has 20 heavy (non-hydrogen) atoms. The van der Waals surface area contributed by atoms with Crippen LogP contribution in [0, 0.1) is 10.1 Å². The van der Waals surface area contributed by atoms with Crippen molar-refractivity contribution in [2.75, 3.05) is 31.7 Å². The van der Waals surface area contributed by atoms with E-state index in [9.17, 15) is 10.1 Å². The highest BCUT2D eigenvalue weighted by atomic mass is 35.5. The number of aromatic nitrogens is 1. The van der Waals surface area contributed by atoms with Gasteiger partial charge in [0.1, 0.15) is 0 Å². The zero-order chi connectivity index (χ0) is 14.7. The lowest BCUT2D eigenvalue weighted by Crippen LogP contribution is -2.48. The zero-order valence-corrected chi connectivity index (χ0v) is 12.0. The Labute approximate surface area is 121 Å². The third-order valence-electron chi connectivity index (χ3n) is 2.99. The minimum Gasteiger partial charge on any atom is -0.382 e. The number of rotatable bonds is 4. The van der Waals surface area contributed by atoms with E-state index >= 15 is 0 Å². The van der Waals surface area contributed by atoms with Crippen molar-refractivity contribution in [3.63, 3.8) is 0 Å². The molecular formula is C12H16ClN3O4. The Morgan fingerprint density at radius 2 is 2.40 bits per heavy atom. The predicted molar refractivity (Wildman–Crippen MR) is 74.3 cm³/mol. The van der Waals surface area contributed by atoms with Crippen molar-refractivity contribution >= 4 is 23.1 Å². The van der Waals surface area contributed by atoms with Gasteiger partial charge in [-0.15, -0.1) is 0 Å². The smallest absolute Gasteiger partial charge is 0.313 e. The van der Waals surface area contributed by atoms with E-state index in [1.165, 1.54) is 12.3 Å². The number of anilines is 1. The average Bonchev–Trinajstić information content (AvgIpc) is 2.38. The lowest BCUT2D eigenvalue weighted by atomic mass is 10.2. The standard InChI is InChI=1S/C12H16ClN3O4/c1-8-5-15(6-10(20-8)7-19-2)12-11(16(17)18)3-9(13)4-14-12/h3-4,8,10H,5-7H2,1-2H3. The summed E-state index contributed by atoms with van der Waals surface area (Å²) in [6.45, 7) is 3.38. The van der Waals surface area contributed by atoms with Gasteiger partial charge in [0.05, 0.1) is 28.8 Å². The molecular weight excluding hydrogens is 286 g/mol. The van der Waals surface area contributed by atoms with Gasteiger partial charge in [0.25, 0.3) is 0 Å². The molecule has 1 aliphatic rings. The Balaban J connectivity index is 2.28. The van der Waals surface area contributed by atoms with Crippen LogP contribution in [0.15, 0.2) is 12.3 Å². The molecule has 0 radical (unpaired) electrons. The fourth-order valence-corrected chi connectivity index (χ4v) is 2.45. The summed E-state index contributed by atoms with van der Waals surface area (Å²) in [6, 6.07) is 1.31. The summed E-state index contributed by atoms with van der Waals surface area (Å²) >= 11 is 5.78. The molecule has 0 aromatic carbocycles. The molecule has 0 aliphatic carbocycles. The summed E-state index contributed by atoms with van der Waals surface area (Å²) in [5, 5.41) is 11.4. The monoisotopic (exact) mass is 301 g/mol. The van der Waals surface area contributed by atoms with E-state index in [-0.39, 0.29) is 22.9 Å². The summed E-state index contributed by atoms with van der Waals surface area (Å²) < 4.78 is 10.8. The Morgan fingerprint density at radius 1 is 1.65 bits per heavy atom. The average molecular weight is 302 g/mol. The van der Waals surface area contributed by atoms with Gasteiger partial charge < -0.3 is 14.4 Å². The molecule has 0 amide bonds. The molecule has 0 bridgehead atoms. The number of hydrogen-bond acceptors (Lipinski definition) is 6. The normalized spacial score (nSPS) is 22.9. The summed E-state index contributed by atoms with van der Waals surface area (Å²) in [5.41, 5.74) is -0.0947. The molecule has 2 atom stereocenters. The van der Waals surface area contributed by atoms with Crippen molar-refractivity contribution in [3.05, 3.63) is 27.4 Å². The van der Waals surface area contributed by atoms with E-state index in [2.05, 4.69) is 4.98 Å². The molecule has 0 spiro atoms. The Morgan fingerprint density at radius 3 is 3.05 bits per heavy atom. The van der Waals surface area contributed by atoms with E-state index in [0.29, 0.717) is 25.5 Å². The highest BCUT2D eigenvalue weighted by molar-refractivity contribution is 6.30. The number of nitro groups is 1. The van der Waals surface area contributed by atoms with Gasteiger partial charge in [0, 0.05) is 32.5 Å². The Bertz CT molecular complexity index is 500. The molecule has 2 heterocycles. The molecule has 2 rings (SSSR count). The van der Waals surface area contributed by atoms with Gasteiger partial charge in [-0.25, -0.2) is 4.98 Å². The number of methoxy groups -OCH3 is 1. The van der Waals surface area contributed by atoms with Crippen LogP contribution in [0.4, 0.5) is 11.5 Å². The lowest BCUT2D eigenvalue weighted by Gasteiger charge is -2.36. The zero-order valence-electron chi connectivity index (χ0n) is 11.3. The second-order valence-electron chi connectivity index (χ2n) is 4.68. The maximum Gasteiger partial charge on any atom is 0.313 e. The second-order valence-corrected chi connectivity index (χ2v) is 5.12. The van der Waals surface area contributed by atoms with E-state index in [1.807, 2.05) is 11.8 Å². The summed E-state index contributed by atoms with van der Waals surface area (Å²) in [4.78, 5) is 16.6. The van der Waals surface area contributed by atoms with Crippen LogP contribution >= 0.6 is 11.6 Å². The van der Waals surface area contributed by atoms with E-state index < -0.39 is 4.92 Å². The molecule has 0 N–H and O–H groups in total. The second kappa shape index (κ2) is 6.34. The Kier molecular flexibility index (Phi) is 4.74. The van der Waals surface area contributed by atoms with Gasteiger partial charge in [0.2, 0.25) is 5.82 Å². The largest absolute Gasteiger partial charge is 0.382 e. The number of morpholine rings is 1. The number of halogens is 1. The van der Waals surface area contributed by atoms with Crippen LogP contribution in [0.25, 0.3) is 0 Å². The van der Waals surface area contributed by atoms with Crippen LogP contribution in [-0.4, -0.2) is 48.9 Å². The minimum absolute atomic E-state index is 0.0546. The third kappa shape index (κ3) is 3.36. The summed E-state index contributed by atoms with van der Waals surface area (Å²) in [6.07, 6.45) is 1.22. The van der Waals surface area contributed by atoms with E-state index in [0.717, 1.165) is 0 Å². The first kappa shape index (κ1) is 15.0.